The molecule has 1 heterocycles. The fourth-order valence-electron chi connectivity index (χ4n) is 2.28. The molecule has 1 aromatic rings. The number of carbonyl (C=O) groups is 2. The lowest BCUT2D eigenvalue weighted by Crippen LogP contribution is -2.45. The molecule has 1 aliphatic heterocycles. The van der Waals surface area contributed by atoms with Crippen molar-refractivity contribution in [1.82, 2.24) is 10.6 Å². The summed E-state index contributed by atoms with van der Waals surface area (Å²) in [5.41, 5.74) is 1.71. The highest BCUT2D eigenvalue weighted by Gasteiger charge is 2.32. The third-order valence-corrected chi connectivity index (χ3v) is 3.38. The molecule has 0 aromatic heterocycles. The number of hydrogen-bond donors (Lipinski definition) is 2. The van der Waals surface area contributed by atoms with E-state index >= 15 is 0 Å². The van der Waals surface area contributed by atoms with Crippen LogP contribution in [0.4, 0.5) is 4.79 Å². The van der Waals surface area contributed by atoms with E-state index in [-0.39, 0.29) is 6.03 Å². The van der Waals surface area contributed by atoms with Crippen molar-refractivity contribution < 1.29 is 19.1 Å². The molecule has 0 saturated heterocycles. The largest absolute Gasteiger partial charge is 0.497 e. The van der Waals surface area contributed by atoms with E-state index in [1.165, 1.54) is 0 Å². The topological polar surface area (TPSA) is 76.7 Å². The van der Waals surface area contributed by atoms with Crippen LogP contribution < -0.4 is 15.4 Å². The van der Waals surface area contributed by atoms with E-state index in [1.54, 1.807) is 26.2 Å². The van der Waals surface area contributed by atoms with Crippen LogP contribution in [-0.4, -0.2) is 25.7 Å². The second-order valence-electron chi connectivity index (χ2n) is 4.98. The number of carbonyl (C=O) groups excluding carboxylic acids is 2. The molecule has 0 bridgehead atoms. The zero-order valence-electron chi connectivity index (χ0n) is 12.9. The maximum absolute atomic E-state index is 12.3. The molecule has 1 atom stereocenters. The van der Waals surface area contributed by atoms with Gasteiger partial charge in [0.1, 0.15) is 5.75 Å². The van der Waals surface area contributed by atoms with Crippen LogP contribution in [0.1, 0.15) is 31.9 Å². The first kappa shape index (κ1) is 15.9. The summed E-state index contributed by atoms with van der Waals surface area (Å²) in [6.07, 6.45) is 0.741. The molecule has 6 nitrogen and oxygen atoms in total. The molecule has 0 saturated carbocycles. The maximum atomic E-state index is 12.3. The Morgan fingerprint density at radius 3 is 2.55 bits per heavy atom. The van der Waals surface area contributed by atoms with Crippen molar-refractivity contribution in [2.24, 2.45) is 0 Å². The Balaban J connectivity index is 2.34. The molecule has 2 amide bonds. The van der Waals surface area contributed by atoms with Crippen molar-refractivity contribution in [2.45, 2.75) is 26.3 Å². The predicted octanol–water partition coefficient (Wildman–Crippen LogP) is 2.28. The minimum Gasteiger partial charge on any atom is -0.497 e. The molecule has 0 fully saturated rings. The van der Waals surface area contributed by atoms with Gasteiger partial charge < -0.3 is 20.1 Å². The number of ether oxygens (including phenoxy) is 2. The van der Waals surface area contributed by atoms with Gasteiger partial charge in [0.15, 0.2) is 0 Å². The Morgan fingerprint density at radius 2 is 1.95 bits per heavy atom. The lowest BCUT2D eigenvalue weighted by molar-refractivity contribution is -0.139. The molecule has 2 rings (SSSR count). The van der Waals surface area contributed by atoms with E-state index < -0.39 is 12.0 Å². The Morgan fingerprint density at radius 1 is 1.27 bits per heavy atom. The highest BCUT2D eigenvalue weighted by molar-refractivity contribution is 5.95. The van der Waals surface area contributed by atoms with Gasteiger partial charge in [-0.1, -0.05) is 19.1 Å². The van der Waals surface area contributed by atoms with Crippen molar-refractivity contribution in [2.75, 3.05) is 13.7 Å². The zero-order chi connectivity index (χ0) is 16.1. The maximum Gasteiger partial charge on any atom is 0.338 e. The van der Waals surface area contributed by atoms with E-state index in [0.717, 1.165) is 12.0 Å². The van der Waals surface area contributed by atoms with Crippen molar-refractivity contribution >= 4 is 12.0 Å². The summed E-state index contributed by atoms with van der Waals surface area (Å²) >= 11 is 0. The van der Waals surface area contributed by atoms with E-state index in [4.69, 9.17) is 9.47 Å². The van der Waals surface area contributed by atoms with Gasteiger partial charge in [-0.15, -0.1) is 0 Å². The summed E-state index contributed by atoms with van der Waals surface area (Å²) in [7, 11) is 1.58. The number of benzene rings is 1. The first-order chi connectivity index (χ1) is 10.6. The summed E-state index contributed by atoms with van der Waals surface area (Å²) in [4.78, 5) is 24.0. The summed E-state index contributed by atoms with van der Waals surface area (Å²) in [5.74, 6) is 0.285. The van der Waals surface area contributed by atoms with Crippen LogP contribution in [0.15, 0.2) is 35.5 Å². The molecular formula is C16H20N2O4. The lowest BCUT2D eigenvalue weighted by atomic mass is 9.95. The van der Waals surface area contributed by atoms with Gasteiger partial charge in [0.05, 0.1) is 25.3 Å². The fourth-order valence-corrected chi connectivity index (χ4v) is 2.28. The fraction of sp³-hybridized carbons (Fsp3) is 0.375. The molecule has 1 aromatic carbocycles. The minimum absolute atomic E-state index is 0.342. The molecule has 0 radical (unpaired) electrons. The number of urea groups is 1. The molecule has 1 unspecified atom stereocenters. The van der Waals surface area contributed by atoms with E-state index in [1.807, 2.05) is 19.1 Å². The molecule has 2 N–H and O–H groups in total. The smallest absolute Gasteiger partial charge is 0.338 e. The standard InChI is InChI=1S/C16H20N2O4/c1-4-9-22-15(19)13-10(2)17-16(20)18-14(13)11-5-7-12(21-3)8-6-11/h5-8,14H,4,9H2,1-3H3,(H2,17,18,20). The van der Waals surface area contributed by atoms with Gasteiger partial charge in [-0.25, -0.2) is 9.59 Å². The van der Waals surface area contributed by atoms with Crippen molar-refractivity contribution in [3.63, 3.8) is 0 Å². The Hall–Kier alpha value is -2.50. The number of methoxy groups -OCH3 is 1. The normalized spacial score (nSPS) is 17.6. The van der Waals surface area contributed by atoms with Gasteiger partial charge in [0.25, 0.3) is 0 Å². The third-order valence-electron chi connectivity index (χ3n) is 3.38. The third kappa shape index (κ3) is 3.39. The molecule has 118 valence electrons. The second-order valence-corrected chi connectivity index (χ2v) is 4.98. The van der Waals surface area contributed by atoms with E-state index in [0.29, 0.717) is 23.6 Å². The van der Waals surface area contributed by atoms with Crippen molar-refractivity contribution in [3.05, 3.63) is 41.1 Å². The first-order valence-electron chi connectivity index (χ1n) is 7.16. The summed E-state index contributed by atoms with van der Waals surface area (Å²) < 4.78 is 10.3. The Labute approximate surface area is 129 Å². The van der Waals surface area contributed by atoms with Crippen LogP contribution >= 0.6 is 0 Å². The van der Waals surface area contributed by atoms with Crippen LogP contribution in [0.25, 0.3) is 0 Å². The Bertz CT molecular complexity index is 593. The predicted molar refractivity (Wildman–Crippen MR) is 81.4 cm³/mol. The zero-order valence-corrected chi connectivity index (χ0v) is 12.9. The van der Waals surface area contributed by atoms with Gasteiger partial charge in [-0.2, -0.15) is 0 Å². The van der Waals surface area contributed by atoms with Gasteiger partial charge in [0.2, 0.25) is 0 Å². The molecule has 0 aliphatic carbocycles. The average Bonchev–Trinajstić information content (AvgIpc) is 2.52. The van der Waals surface area contributed by atoms with Crippen LogP contribution in [0.2, 0.25) is 0 Å². The van der Waals surface area contributed by atoms with Crippen LogP contribution in [-0.2, 0) is 9.53 Å². The van der Waals surface area contributed by atoms with Crippen molar-refractivity contribution in [3.8, 4) is 5.75 Å². The molecule has 22 heavy (non-hydrogen) atoms. The van der Waals surface area contributed by atoms with Crippen LogP contribution in [0.3, 0.4) is 0 Å². The lowest BCUT2D eigenvalue weighted by Gasteiger charge is -2.28. The number of amides is 2. The van der Waals surface area contributed by atoms with Crippen LogP contribution in [0, 0.1) is 0 Å². The van der Waals surface area contributed by atoms with E-state index in [2.05, 4.69) is 10.6 Å². The quantitative estimate of drug-likeness (QED) is 0.818. The highest BCUT2D eigenvalue weighted by Crippen LogP contribution is 2.28. The number of allylic oxidation sites excluding steroid dienone is 1. The molecular weight excluding hydrogens is 284 g/mol. The minimum atomic E-state index is -0.538. The number of esters is 1. The van der Waals surface area contributed by atoms with E-state index in [9.17, 15) is 9.59 Å². The van der Waals surface area contributed by atoms with Crippen molar-refractivity contribution in [1.29, 1.82) is 0 Å². The van der Waals surface area contributed by atoms with Crippen LogP contribution in [0.5, 0.6) is 5.75 Å². The van der Waals surface area contributed by atoms with Gasteiger partial charge >= 0.3 is 12.0 Å². The number of nitrogens with one attached hydrogen (secondary N) is 2. The molecule has 0 spiro atoms. The summed E-state index contributed by atoms with van der Waals surface area (Å²) in [6.45, 7) is 3.97. The van der Waals surface area contributed by atoms with Gasteiger partial charge in [-0.3, -0.25) is 0 Å². The summed E-state index contributed by atoms with van der Waals surface area (Å²) in [6, 6.07) is 6.32. The molecule has 1 aliphatic rings. The molecule has 6 heteroatoms. The monoisotopic (exact) mass is 304 g/mol. The summed E-state index contributed by atoms with van der Waals surface area (Å²) in [5, 5.41) is 5.37. The Kier molecular flexibility index (Phi) is 5.04. The first-order valence-corrected chi connectivity index (χ1v) is 7.16. The average molecular weight is 304 g/mol. The highest BCUT2D eigenvalue weighted by atomic mass is 16.5. The second kappa shape index (κ2) is 6.98. The van der Waals surface area contributed by atoms with Gasteiger partial charge in [0, 0.05) is 5.70 Å². The van der Waals surface area contributed by atoms with Gasteiger partial charge in [-0.05, 0) is 31.0 Å². The number of hydrogen-bond acceptors (Lipinski definition) is 4. The SMILES string of the molecule is CCCOC(=O)C1=C(C)NC(=O)NC1c1ccc(OC)cc1. The number of rotatable bonds is 5.